The fourth-order valence-corrected chi connectivity index (χ4v) is 2.82. The normalized spacial score (nSPS) is 19.1. The zero-order valence-corrected chi connectivity index (χ0v) is 13.7. The number of allylic oxidation sites excluding steroid dienone is 2. The summed E-state index contributed by atoms with van der Waals surface area (Å²) in [6.07, 6.45) is 2.23. The number of benzene rings is 1. The van der Waals surface area contributed by atoms with E-state index in [0.29, 0.717) is 42.8 Å². The molecule has 0 fully saturated rings. The van der Waals surface area contributed by atoms with Crippen molar-refractivity contribution >= 4 is 17.2 Å². The maximum atomic E-state index is 12.6. The average Bonchev–Trinajstić information content (AvgIpc) is 2.52. The number of nitrogens with two attached hydrogens (primary N) is 1. The van der Waals surface area contributed by atoms with Gasteiger partial charge >= 0.3 is 0 Å². The van der Waals surface area contributed by atoms with Gasteiger partial charge in [0, 0.05) is 18.5 Å². The third-order valence-corrected chi connectivity index (χ3v) is 3.93. The Balaban J connectivity index is 2.27. The summed E-state index contributed by atoms with van der Waals surface area (Å²) in [7, 11) is 0. The Morgan fingerprint density at radius 1 is 1.30 bits per heavy atom. The first kappa shape index (κ1) is 17.1. The molecule has 0 amide bonds. The Morgan fingerprint density at radius 3 is 2.57 bits per heavy atom. The maximum absolute atomic E-state index is 12.6. The van der Waals surface area contributed by atoms with Gasteiger partial charge in [-0.25, -0.2) is 0 Å². The number of Topliss-reactive ketones (excluding diaryl/α,β-unsaturated/α-hetero) is 1. The van der Waals surface area contributed by atoms with Crippen molar-refractivity contribution in [3.05, 3.63) is 41.2 Å². The van der Waals surface area contributed by atoms with E-state index in [1.54, 1.807) is 0 Å². The van der Waals surface area contributed by atoms with Gasteiger partial charge in [0.05, 0.1) is 11.3 Å². The van der Waals surface area contributed by atoms with E-state index in [4.69, 9.17) is 10.6 Å². The van der Waals surface area contributed by atoms with Crippen LogP contribution in [0.5, 0.6) is 0 Å². The molecular formula is C18H24N2O3. The molecule has 0 bridgehead atoms. The van der Waals surface area contributed by atoms with E-state index in [1.165, 1.54) is 0 Å². The van der Waals surface area contributed by atoms with Gasteiger partial charge in [0.2, 0.25) is 0 Å². The fraction of sp³-hybridized carbons (Fsp3) is 0.444. The molecule has 0 heterocycles. The number of ketones is 1. The van der Waals surface area contributed by atoms with E-state index in [-0.39, 0.29) is 17.5 Å². The molecule has 5 nitrogen and oxygen atoms in total. The molecule has 5 heteroatoms. The van der Waals surface area contributed by atoms with Crippen LogP contribution in [0.3, 0.4) is 0 Å². The first-order valence-electron chi connectivity index (χ1n) is 8.06. The van der Waals surface area contributed by atoms with Crippen LogP contribution in [0.4, 0.5) is 5.69 Å². The van der Waals surface area contributed by atoms with Gasteiger partial charge in [0.25, 0.3) is 0 Å². The molecule has 124 valence electrons. The van der Waals surface area contributed by atoms with Crippen molar-refractivity contribution in [1.29, 1.82) is 0 Å². The number of rotatable bonds is 6. The van der Waals surface area contributed by atoms with Gasteiger partial charge in [0.15, 0.2) is 5.78 Å². The minimum Gasteiger partial charge on any atom is -0.511 e. The Bertz CT molecular complexity index is 618. The topological polar surface area (TPSA) is 84.9 Å². The SMILES string of the molecule is CCCC(=NOCC)C1=C(O)CC(c2ccc(N)cc2)CC1=O. The average molecular weight is 316 g/mol. The predicted octanol–water partition coefficient (Wildman–Crippen LogP) is 3.72. The van der Waals surface area contributed by atoms with Gasteiger partial charge < -0.3 is 15.7 Å². The highest BCUT2D eigenvalue weighted by atomic mass is 16.6. The molecule has 1 unspecified atom stereocenters. The van der Waals surface area contributed by atoms with E-state index in [1.807, 2.05) is 38.1 Å². The second-order valence-electron chi connectivity index (χ2n) is 5.72. The van der Waals surface area contributed by atoms with E-state index in [0.717, 1.165) is 12.0 Å². The molecule has 1 aliphatic rings. The van der Waals surface area contributed by atoms with Crippen molar-refractivity contribution in [2.75, 3.05) is 12.3 Å². The molecule has 0 saturated heterocycles. The third-order valence-electron chi connectivity index (χ3n) is 3.93. The first-order chi connectivity index (χ1) is 11.1. The number of carbonyl (C=O) groups is 1. The lowest BCUT2D eigenvalue weighted by atomic mass is 9.81. The van der Waals surface area contributed by atoms with Crippen molar-refractivity contribution in [3.8, 4) is 0 Å². The Hall–Kier alpha value is -2.30. The zero-order chi connectivity index (χ0) is 16.8. The number of nitrogens with zero attached hydrogens (tertiary/aromatic N) is 1. The van der Waals surface area contributed by atoms with Crippen LogP contribution in [0.25, 0.3) is 0 Å². The highest BCUT2D eigenvalue weighted by Gasteiger charge is 2.31. The van der Waals surface area contributed by atoms with Crippen LogP contribution in [0, 0.1) is 0 Å². The van der Waals surface area contributed by atoms with Gasteiger partial charge in [-0.1, -0.05) is 30.6 Å². The molecule has 3 N–H and O–H groups in total. The number of hydrogen-bond donors (Lipinski definition) is 2. The number of oxime groups is 1. The lowest BCUT2D eigenvalue weighted by Crippen LogP contribution is -2.24. The zero-order valence-electron chi connectivity index (χ0n) is 13.7. The smallest absolute Gasteiger partial charge is 0.168 e. The van der Waals surface area contributed by atoms with Crippen molar-refractivity contribution in [3.63, 3.8) is 0 Å². The molecule has 0 radical (unpaired) electrons. The Morgan fingerprint density at radius 2 is 2.00 bits per heavy atom. The van der Waals surface area contributed by atoms with E-state index < -0.39 is 0 Å². The number of anilines is 1. The van der Waals surface area contributed by atoms with Crippen LogP contribution in [0.2, 0.25) is 0 Å². The van der Waals surface area contributed by atoms with Crippen LogP contribution >= 0.6 is 0 Å². The van der Waals surface area contributed by atoms with Gasteiger partial charge in [-0.05, 0) is 37.0 Å². The summed E-state index contributed by atoms with van der Waals surface area (Å²) in [5.74, 6) is -0.000670. The van der Waals surface area contributed by atoms with Crippen LogP contribution < -0.4 is 5.73 Å². The summed E-state index contributed by atoms with van der Waals surface area (Å²) in [6.45, 7) is 4.27. The molecule has 23 heavy (non-hydrogen) atoms. The second-order valence-corrected chi connectivity index (χ2v) is 5.72. The van der Waals surface area contributed by atoms with Crippen LogP contribution in [-0.4, -0.2) is 23.2 Å². The highest BCUT2D eigenvalue weighted by Crippen LogP contribution is 2.34. The lowest BCUT2D eigenvalue weighted by molar-refractivity contribution is -0.116. The third kappa shape index (κ3) is 4.12. The van der Waals surface area contributed by atoms with Crippen molar-refractivity contribution < 1.29 is 14.7 Å². The summed E-state index contributed by atoms with van der Waals surface area (Å²) >= 11 is 0. The van der Waals surface area contributed by atoms with E-state index in [2.05, 4.69) is 5.16 Å². The minimum atomic E-state index is -0.0810. The van der Waals surface area contributed by atoms with Gasteiger partial charge in [0.1, 0.15) is 12.4 Å². The van der Waals surface area contributed by atoms with Gasteiger partial charge in [-0.15, -0.1) is 0 Å². The monoisotopic (exact) mass is 316 g/mol. The van der Waals surface area contributed by atoms with Crippen LogP contribution in [-0.2, 0) is 9.63 Å². The molecule has 0 aliphatic heterocycles. The molecule has 2 rings (SSSR count). The quantitative estimate of drug-likeness (QED) is 0.476. The minimum absolute atomic E-state index is 0.0261. The standard InChI is InChI=1S/C18H24N2O3/c1-3-5-15(20-23-4-2)18-16(21)10-13(11-17(18)22)12-6-8-14(19)9-7-12/h6-9,13,21H,3-5,10-11,19H2,1-2H3. The molecule has 1 aromatic rings. The molecular weight excluding hydrogens is 292 g/mol. The number of hydrogen-bond acceptors (Lipinski definition) is 5. The van der Waals surface area contributed by atoms with Crippen LogP contribution in [0.15, 0.2) is 40.8 Å². The number of nitrogen functional groups attached to an aromatic ring is 1. The molecule has 1 atom stereocenters. The van der Waals surface area contributed by atoms with Gasteiger partial charge in [-0.2, -0.15) is 0 Å². The summed E-state index contributed by atoms with van der Waals surface area (Å²) in [5, 5.41) is 14.4. The first-order valence-corrected chi connectivity index (χ1v) is 8.06. The summed E-state index contributed by atoms with van der Waals surface area (Å²) < 4.78 is 0. The number of carbonyl (C=O) groups excluding carboxylic acids is 1. The molecule has 1 aromatic carbocycles. The summed E-state index contributed by atoms with van der Waals surface area (Å²) in [4.78, 5) is 17.7. The second kappa shape index (κ2) is 7.81. The lowest BCUT2D eigenvalue weighted by Gasteiger charge is -2.24. The van der Waals surface area contributed by atoms with E-state index in [9.17, 15) is 9.90 Å². The Labute approximate surface area is 136 Å². The maximum Gasteiger partial charge on any atom is 0.168 e. The van der Waals surface area contributed by atoms with Crippen molar-refractivity contribution in [2.45, 2.75) is 45.4 Å². The number of aliphatic hydroxyl groups excluding tert-OH is 1. The van der Waals surface area contributed by atoms with Crippen molar-refractivity contribution in [1.82, 2.24) is 0 Å². The number of aliphatic hydroxyl groups is 1. The Kier molecular flexibility index (Phi) is 5.79. The predicted molar refractivity (Wildman–Crippen MR) is 91.5 cm³/mol. The highest BCUT2D eigenvalue weighted by molar-refractivity contribution is 6.23. The largest absolute Gasteiger partial charge is 0.511 e. The molecule has 1 aliphatic carbocycles. The molecule has 0 spiro atoms. The molecule has 0 aromatic heterocycles. The van der Waals surface area contributed by atoms with Crippen molar-refractivity contribution in [2.24, 2.45) is 5.16 Å². The summed E-state index contributed by atoms with van der Waals surface area (Å²) in [5.41, 5.74) is 8.28. The van der Waals surface area contributed by atoms with Gasteiger partial charge in [-0.3, -0.25) is 4.79 Å². The fourth-order valence-electron chi connectivity index (χ4n) is 2.82. The molecule has 0 saturated carbocycles. The van der Waals surface area contributed by atoms with Crippen LogP contribution in [0.1, 0.15) is 51.0 Å². The summed E-state index contributed by atoms with van der Waals surface area (Å²) in [6, 6.07) is 7.45. The van der Waals surface area contributed by atoms with E-state index >= 15 is 0 Å².